The zero-order valence-electron chi connectivity index (χ0n) is 7.65. The molecule has 1 aromatic heterocycles. The molecule has 0 fully saturated rings. The SMILES string of the molecule is O=C(O)/C=C/c1ccc2[nH]c(=O)[nH]c2c1. The summed E-state index contributed by atoms with van der Waals surface area (Å²) in [4.78, 5) is 26.4. The molecule has 2 aromatic rings. The largest absolute Gasteiger partial charge is 0.478 e. The number of hydrogen-bond acceptors (Lipinski definition) is 2. The summed E-state index contributed by atoms with van der Waals surface area (Å²) in [6, 6.07) is 5.15. The maximum Gasteiger partial charge on any atom is 0.328 e. The second-order valence-corrected chi connectivity index (χ2v) is 3.06. The van der Waals surface area contributed by atoms with Gasteiger partial charge in [0.1, 0.15) is 0 Å². The molecule has 0 unspecified atom stereocenters. The number of hydrogen-bond donors (Lipinski definition) is 3. The molecule has 5 nitrogen and oxygen atoms in total. The van der Waals surface area contributed by atoms with Crippen LogP contribution in [0.2, 0.25) is 0 Å². The van der Waals surface area contributed by atoms with Gasteiger partial charge in [-0.2, -0.15) is 0 Å². The van der Waals surface area contributed by atoms with Crippen molar-refractivity contribution in [3.05, 3.63) is 40.3 Å². The highest BCUT2D eigenvalue weighted by molar-refractivity contribution is 5.86. The van der Waals surface area contributed by atoms with E-state index < -0.39 is 5.97 Å². The second-order valence-electron chi connectivity index (χ2n) is 3.06. The van der Waals surface area contributed by atoms with Crippen molar-refractivity contribution >= 4 is 23.1 Å². The Morgan fingerprint density at radius 2 is 2.00 bits per heavy atom. The number of benzene rings is 1. The lowest BCUT2D eigenvalue weighted by molar-refractivity contribution is -0.131. The van der Waals surface area contributed by atoms with Crippen LogP contribution in [-0.2, 0) is 4.79 Å². The molecule has 0 aliphatic rings. The molecule has 0 amide bonds. The van der Waals surface area contributed by atoms with E-state index in [9.17, 15) is 9.59 Å². The van der Waals surface area contributed by atoms with Crippen molar-refractivity contribution in [1.29, 1.82) is 0 Å². The molecule has 1 heterocycles. The van der Waals surface area contributed by atoms with E-state index in [-0.39, 0.29) is 5.69 Å². The first-order chi connectivity index (χ1) is 7.15. The molecule has 0 spiro atoms. The smallest absolute Gasteiger partial charge is 0.328 e. The maximum atomic E-state index is 10.9. The zero-order valence-corrected chi connectivity index (χ0v) is 7.65. The topological polar surface area (TPSA) is 85.9 Å². The number of nitrogens with one attached hydrogen (secondary N) is 2. The minimum Gasteiger partial charge on any atom is -0.478 e. The fraction of sp³-hybridized carbons (Fsp3) is 0. The van der Waals surface area contributed by atoms with Crippen molar-refractivity contribution in [2.45, 2.75) is 0 Å². The molecule has 3 N–H and O–H groups in total. The summed E-state index contributed by atoms with van der Waals surface area (Å²) in [6.07, 6.45) is 2.51. The van der Waals surface area contributed by atoms with Crippen LogP contribution in [0.15, 0.2) is 29.1 Å². The number of aliphatic carboxylic acids is 1. The molecule has 0 atom stereocenters. The summed E-state index contributed by atoms with van der Waals surface area (Å²) < 4.78 is 0. The Hall–Kier alpha value is -2.30. The van der Waals surface area contributed by atoms with E-state index in [4.69, 9.17) is 5.11 Å². The van der Waals surface area contributed by atoms with Crippen LogP contribution < -0.4 is 5.69 Å². The quantitative estimate of drug-likeness (QED) is 0.636. The molecular weight excluding hydrogens is 196 g/mol. The molecule has 15 heavy (non-hydrogen) atoms. The maximum absolute atomic E-state index is 10.9. The molecule has 2 rings (SSSR count). The van der Waals surface area contributed by atoms with Gasteiger partial charge in [-0.15, -0.1) is 0 Å². The number of fused-ring (bicyclic) bond motifs is 1. The van der Waals surface area contributed by atoms with E-state index in [2.05, 4.69) is 9.97 Å². The van der Waals surface area contributed by atoms with Gasteiger partial charge in [0.15, 0.2) is 0 Å². The van der Waals surface area contributed by atoms with Gasteiger partial charge in [0.25, 0.3) is 0 Å². The number of carbonyl (C=O) groups is 1. The fourth-order valence-electron chi connectivity index (χ4n) is 1.32. The van der Waals surface area contributed by atoms with Crippen LogP contribution in [0.3, 0.4) is 0 Å². The van der Waals surface area contributed by atoms with Crippen molar-refractivity contribution in [2.24, 2.45) is 0 Å². The first kappa shape index (κ1) is 9.26. The summed E-state index contributed by atoms with van der Waals surface area (Å²) >= 11 is 0. The Morgan fingerprint density at radius 3 is 2.73 bits per heavy atom. The molecule has 76 valence electrons. The summed E-state index contributed by atoms with van der Waals surface area (Å²) in [7, 11) is 0. The summed E-state index contributed by atoms with van der Waals surface area (Å²) in [5, 5.41) is 8.44. The number of aromatic nitrogens is 2. The molecule has 0 aliphatic carbocycles. The highest BCUT2D eigenvalue weighted by Crippen LogP contribution is 2.11. The fourth-order valence-corrected chi connectivity index (χ4v) is 1.32. The van der Waals surface area contributed by atoms with E-state index in [1.54, 1.807) is 18.2 Å². The number of carboxylic acids is 1. The van der Waals surface area contributed by atoms with Crippen molar-refractivity contribution in [3.8, 4) is 0 Å². The van der Waals surface area contributed by atoms with Gasteiger partial charge in [0.2, 0.25) is 0 Å². The standard InChI is InChI=1S/C10H8N2O3/c13-9(14)4-2-6-1-3-7-8(5-6)12-10(15)11-7/h1-5H,(H,13,14)(H2,11,12,15)/b4-2+. The van der Waals surface area contributed by atoms with Gasteiger partial charge < -0.3 is 15.1 Å². The Bertz CT molecular complexity index is 592. The van der Waals surface area contributed by atoms with Gasteiger partial charge >= 0.3 is 11.7 Å². The Balaban J connectivity index is 2.46. The average molecular weight is 204 g/mol. The number of aromatic amines is 2. The van der Waals surface area contributed by atoms with E-state index >= 15 is 0 Å². The molecule has 0 bridgehead atoms. The molecular formula is C10H8N2O3. The molecule has 0 aliphatic heterocycles. The molecule has 0 saturated carbocycles. The lowest BCUT2D eigenvalue weighted by Crippen LogP contribution is -1.99. The normalized spacial score (nSPS) is 11.2. The van der Waals surface area contributed by atoms with Gasteiger partial charge in [0, 0.05) is 6.08 Å². The van der Waals surface area contributed by atoms with Crippen LogP contribution >= 0.6 is 0 Å². The Kier molecular flexibility index (Phi) is 2.13. The van der Waals surface area contributed by atoms with Gasteiger partial charge in [0.05, 0.1) is 11.0 Å². The highest BCUT2D eigenvalue weighted by atomic mass is 16.4. The Labute approximate surface area is 84.1 Å². The third-order valence-corrected chi connectivity index (χ3v) is 1.96. The number of rotatable bonds is 2. The van der Waals surface area contributed by atoms with Crippen LogP contribution in [0.25, 0.3) is 17.1 Å². The predicted octanol–water partition coefficient (Wildman–Crippen LogP) is 0.954. The molecule has 0 radical (unpaired) electrons. The van der Waals surface area contributed by atoms with Crippen LogP contribution in [0.4, 0.5) is 0 Å². The minimum atomic E-state index is -1.00. The van der Waals surface area contributed by atoms with Gasteiger partial charge in [-0.3, -0.25) is 0 Å². The van der Waals surface area contributed by atoms with Crippen LogP contribution in [0, 0.1) is 0 Å². The number of H-pyrrole nitrogens is 2. The minimum absolute atomic E-state index is 0.274. The molecule has 5 heteroatoms. The lowest BCUT2D eigenvalue weighted by Gasteiger charge is -1.92. The van der Waals surface area contributed by atoms with Gasteiger partial charge in [-0.1, -0.05) is 6.07 Å². The van der Waals surface area contributed by atoms with E-state index in [1.165, 1.54) is 6.08 Å². The third kappa shape index (κ3) is 1.96. The van der Waals surface area contributed by atoms with Crippen molar-refractivity contribution < 1.29 is 9.90 Å². The second kappa shape index (κ2) is 3.45. The monoisotopic (exact) mass is 204 g/mol. The van der Waals surface area contributed by atoms with Crippen molar-refractivity contribution in [2.75, 3.05) is 0 Å². The summed E-state index contributed by atoms with van der Waals surface area (Å²) in [5.74, 6) is -1.00. The summed E-state index contributed by atoms with van der Waals surface area (Å²) in [6.45, 7) is 0. The average Bonchev–Trinajstić information content (AvgIpc) is 2.53. The number of imidazole rings is 1. The third-order valence-electron chi connectivity index (χ3n) is 1.96. The highest BCUT2D eigenvalue weighted by Gasteiger charge is 1.97. The molecule has 0 saturated heterocycles. The first-order valence-electron chi connectivity index (χ1n) is 4.28. The van der Waals surface area contributed by atoms with Crippen molar-refractivity contribution in [1.82, 2.24) is 9.97 Å². The van der Waals surface area contributed by atoms with E-state index in [0.717, 1.165) is 11.6 Å². The predicted molar refractivity (Wildman–Crippen MR) is 55.6 cm³/mol. The number of carboxylic acid groups (broad SMARTS) is 1. The molecule has 1 aromatic carbocycles. The van der Waals surface area contributed by atoms with Gasteiger partial charge in [-0.25, -0.2) is 9.59 Å². The lowest BCUT2D eigenvalue weighted by atomic mass is 10.2. The van der Waals surface area contributed by atoms with Gasteiger partial charge in [-0.05, 0) is 23.8 Å². The Morgan fingerprint density at radius 1 is 1.27 bits per heavy atom. The van der Waals surface area contributed by atoms with Crippen LogP contribution in [0.5, 0.6) is 0 Å². The van der Waals surface area contributed by atoms with E-state index in [1.807, 2.05) is 0 Å². The first-order valence-corrected chi connectivity index (χ1v) is 4.28. The van der Waals surface area contributed by atoms with Crippen LogP contribution in [0.1, 0.15) is 5.56 Å². The zero-order chi connectivity index (χ0) is 10.8. The van der Waals surface area contributed by atoms with E-state index in [0.29, 0.717) is 11.0 Å². The summed E-state index contributed by atoms with van der Waals surface area (Å²) in [5.41, 5.74) is 1.81. The van der Waals surface area contributed by atoms with Crippen molar-refractivity contribution in [3.63, 3.8) is 0 Å². The van der Waals surface area contributed by atoms with Crippen LogP contribution in [-0.4, -0.2) is 21.0 Å².